The van der Waals surface area contributed by atoms with E-state index in [2.05, 4.69) is 23.8 Å². The summed E-state index contributed by atoms with van der Waals surface area (Å²) < 4.78 is 5.90. The molecule has 2 N–H and O–H groups in total. The average Bonchev–Trinajstić information content (AvgIpc) is 3.17. The number of para-hydroxylation sites is 2. The van der Waals surface area contributed by atoms with Gasteiger partial charge in [0.1, 0.15) is 29.8 Å². The zero-order valence-electron chi connectivity index (χ0n) is 17.0. The molecular weight excluding hydrogens is 366 g/mol. The Kier molecular flexibility index (Phi) is 5.11. The monoisotopic (exact) mass is 391 g/mol. The van der Waals surface area contributed by atoms with Gasteiger partial charge in [-0.1, -0.05) is 30.4 Å². The maximum Gasteiger partial charge on any atom is 0.203 e. The zero-order valence-corrected chi connectivity index (χ0v) is 17.0. The van der Waals surface area contributed by atoms with Gasteiger partial charge < -0.3 is 19.4 Å². The number of nitrogens with one attached hydrogen (secondary N) is 2. The highest BCUT2D eigenvalue weighted by molar-refractivity contribution is 5.87. The fourth-order valence-corrected chi connectivity index (χ4v) is 3.80. The van der Waals surface area contributed by atoms with Gasteiger partial charge in [-0.05, 0) is 38.5 Å². The summed E-state index contributed by atoms with van der Waals surface area (Å²) in [5, 5.41) is 13.4. The van der Waals surface area contributed by atoms with Crippen LogP contribution in [0, 0.1) is 0 Å². The average molecular weight is 391 g/mol. The molecule has 150 valence electrons. The molecule has 4 aromatic rings. The molecule has 6 heteroatoms. The van der Waals surface area contributed by atoms with Gasteiger partial charge in [0.15, 0.2) is 0 Å². The van der Waals surface area contributed by atoms with Gasteiger partial charge in [0, 0.05) is 5.56 Å². The molecule has 0 aliphatic rings. The number of H-pyrrole nitrogens is 1. The molecule has 0 bridgehead atoms. The third kappa shape index (κ3) is 3.29. The van der Waals surface area contributed by atoms with E-state index in [1.54, 1.807) is 6.07 Å². The summed E-state index contributed by atoms with van der Waals surface area (Å²) in [5.41, 5.74) is 3.48. The lowest BCUT2D eigenvalue weighted by molar-refractivity contribution is -0.910. The van der Waals surface area contributed by atoms with Crippen LogP contribution in [-0.4, -0.2) is 23.1 Å². The fourth-order valence-electron chi connectivity index (χ4n) is 3.80. The first-order valence-electron chi connectivity index (χ1n) is 10.1. The summed E-state index contributed by atoms with van der Waals surface area (Å²) in [6.45, 7) is 8.45. The lowest BCUT2D eigenvalue weighted by Crippen LogP contribution is -3.10. The Balaban J connectivity index is 1.94. The molecule has 6 nitrogen and oxygen atoms in total. The third-order valence-corrected chi connectivity index (χ3v) is 5.64. The molecule has 0 unspecified atom stereocenters. The number of rotatable bonds is 6. The number of benzene rings is 2. The first-order valence-corrected chi connectivity index (χ1v) is 10.1. The molecule has 29 heavy (non-hydrogen) atoms. The molecule has 0 saturated heterocycles. The maximum absolute atomic E-state index is 13.3. The fraction of sp³-hybridized carbons (Fsp3) is 0.304. The predicted octanol–water partition coefficient (Wildman–Crippen LogP) is 2.40. The molecule has 0 radical (unpaired) electrons. The molecule has 0 atom stereocenters. The highest BCUT2D eigenvalue weighted by Crippen LogP contribution is 2.30. The van der Waals surface area contributed by atoms with Crippen LogP contribution in [0.1, 0.15) is 31.9 Å². The van der Waals surface area contributed by atoms with E-state index in [0.29, 0.717) is 46.4 Å². The molecule has 2 aromatic heterocycles. The number of quaternary nitrogens is 1. The zero-order chi connectivity index (χ0) is 20.5. The minimum Gasteiger partial charge on any atom is -0.872 e. The van der Waals surface area contributed by atoms with Gasteiger partial charge in [-0.2, -0.15) is 0 Å². The first kappa shape index (κ1) is 19.2. The topological polar surface area (TPSA) is 86.4 Å². The van der Waals surface area contributed by atoms with Crippen LogP contribution in [0.2, 0.25) is 0 Å². The summed E-state index contributed by atoms with van der Waals surface area (Å²) in [4.78, 5) is 22.3. The van der Waals surface area contributed by atoms with Crippen molar-refractivity contribution in [1.82, 2.24) is 9.97 Å². The Bertz CT molecular complexity index is 1200. The standard InChI is InChI=1S/C23H25N3O3/c1-4-14-11-15-21(28)17(23-24-18-9-7-8-10-19(18)25-23)13-29-22(15)16(20(14)27)12-26(5-2)6-3/h7-11,13,27H,4-6,12H2,1-3H3,(H,24,25). The van der Waals surface area contributed by atoms with Crippen LogP contribution in [0.15, 0.2) is 45.8 Å². The maximum atomic E-state index is 13.3. The highest BCUT2D eigenvalue weighted by atomic mass is 16.3. The summed E-state index contributed by atoms with van der Waals surface area (Å²) in [6, 6.07) is 9.32. The quantitative estimate of drug-likeness (QED) is 0.528. The lowest BCUT2D eigenvalue weighted by atomic mass is 10.0. The van der Waals surface area contributed by atoms with E-state index in [1.807, 2.05) is 31.2 Å². The van der Waals surface area contributed by atoms with E-state index in [0.717, 1.165) is 24.1 Å². The number of fused-ring (bicyclic) bond motifs is 2. The Morgan fingerprint density at radius 1 is 1.17 bits per heavy atom. The van der Waals surface area contributed by atoms with Gasteiger partial charge >= 0.3 is 0 Å². The normalized spacial score (nSPS) is 11.7. The van der Waals surface area contributed by atoms with E-state index >= 15 is 0 Å². The third-order valence-electron chi connectivity index (χ3n) is 5.64. The van der Waals surface area contributed by atoms with Crippen LogP contribution >= 0.6 is 0 Å². The van der Waals surface area contributed by atoms with Crippen molar-refractivity contribution in [3.05, 3.63) is 57.9 Å². The molecule has 2 heterocycles. The molecule has 4 rings (SSSR count). The van der Waals surface area contributed by atoms with E-state index in [-0.39, 0.29) is 11.2 Å². The van der Waals surface area contributed by atoms with Gasteiger partial charge in [-0.25, -0.2) is 4.98 Å². The molecule has 0 amide bonds. The van der Waals surface area contributed by atoms with Gasteiger partial charge in [0.2, 0.25) is 5.43 Å². The summed E-state index contributed by atoms with van der Waals surface area (Å²) in [5.74, 6) is 0.459. The molecule has 2 aromatic carbocycles. The number of aromatic nitrogens is 2. The van der Waals surface area contributed by atoms with Crippen LogP contribution in [0.3, 0.4) is 0 Å². The minimum atomic E-state index is -0.171. The predicted molar refractivity (Wildman–Crippen MR) is 112 cm³/mol. The van der Waals surface area contributed by atoms with Crippen molar-refractivity contribution < 1.29 is 14.4 Å². The van der Waals surface area contributed by atoms with Gasteiger partial charge in [-0.15, -0.1) is 0 Å². The smallest absolute Gasteiger partial charge is 0.203 e. The van der Waals surface area contributed by atoms with Crippen molar-refractivity contribution in [2.75, 3.05) is 13.1 Å². The second-order valence-corrected chi connectivity index (χ2v) is 7.29. The van der Waals surface area contributed by atoms with Crippen LogP contribution < -0.4 is 15.4 Å². The van der Waals surface area contributed by atoms with Crippen molar-refractivity contribution in [3.8, 4) is 17.1 Å². The minimum absolute atomic E-state index is 0.0148. The van der Waals surface area contributed by atoms with Crippen LogP contribution in [0.25, 0.3) is 33.4 Å². The van der Waals surface area contributed by atoms with Crippen molar-refractivity contribution in [3.63, 3.8) is 0 Å². The lowest BCUT2D eigenvalue weighted by Gasteiger charge is -2.23. The highest BCUT2D eigenvalue weighted by Gasteiger charge is 2.19. The van der Waals surface area contributed by atoms with Crippen molar-refractivity contribution in [2.24, 2.45) is 0 Å². The van der Waals surface area contributed by atoms with E-state index in [9.17, 15) is 9.90 Å². The molecule has 0 saturated carbocycles. The van der Waals surface area contributed by atoms with Crippen LogP contribution in [-0.2, 0) is 13.0 Å². The number of nitrogens with zero attached hydrogens (tertiary/aromatic N) is 1. The summed E-state index contributed by atoms with van der Waals surface area (Å²) >= 11 is 0. The second-order valence-electron chi connectivity index (χ2n) is 7.29. The van der Waals surface area contributed by atoms with E-state index in [4.69, 9.17) is 4.42 Å². The number of aromatic amines is 1. The number of imidazole rings is 1. The number of hydrogen-bond acceptors (Lipinski definition) is 4. The Morgan fingerprint density at radius 2 is 1.93 bits per heavy atom. The summed E-state index contributed by atoms with van der Waals surface area (Å²) in [7, 11) is 0. The second kappa shape index (κ2) is 7.72. The first-order chi connectivity index (χ1) is 14.1. The molecule has 0 spiro atoms. The van der Waals surface area contributed by atoms with E-state index in [1.165, 1.54) is 11.2 Å². The Hall–Kier alpha value is -3.12. The number of aryl methyl sites for hydroxylation is 1. The van der Waals surface area contributed by atoms with Crippen LogP contribution in [0.5, 0.6) is 5.75 Å². The largest absolute Gasteiger partial charge is 0.872 e. The van der Waals surface area contributed by atoms with Crippen molar-refractivity contribution in [2.45, 2.75) is 33.7 Å². The van der Waals surface area contributed by atoms with Crippen LogP contribution in [0.4, 0.5) is 0 Å². The number of hydrogen-bond donors (Lipinski definition) is 2. The molecule has 0 aliphatic carbocycles. The van der Waals surface area contributed by atoms with Crippen molar-refractivity contribution in [1.29, 1.82) is 0 Å². The molecule has 0 fully saturated rings. The van der Waals surface area contributed by atoms with Gasteiger partial charge in [0.25, 0.3) is 0 Å². The summed E-state index contributed by atoms with van der Waals surface area (Å²) in [6.07, 6.45) is 2.00. The van der Waals surface area contributed by atoms with E-state index < -0.39 is 0 Å². The Labute approximate surface area is 168 Å². The SMILES string of the molecule is CCc1cc2c(=O)c(-c3nc4ccccc4[nH]3)coc2c(C[NH+](CC)CC)c1[O-]. The van der Waals surface area contributed by atoms with Crippen molar-refractivity contribution >= 4 is 22.0 Å². The molecular formula is C23H25N3O3. The molecule has 0 aliphatic heterocycles. The Morgan fingerprint density at radius 3 is 2.62 bits per heavy atom. The van der Waals surface area contributed by atoms with Gasteiger partial charge in [-0.3, -0.25) is 4.79 Å². The van der Waals surface area contributed by atoms with Gasteiger partial charge in [0.05, 0.1) is 29.5 Å².